The number of aromatic nitrogens is 2. The van der Waals surface area contributed by atoms with Crippen LogP contribution in [-0.4, -0.2) is 56.4 Å². The molecule has 2 N–H and O–H groups in total. The van der Waals surface area contributed by atoms with E-state index in [1.54, 1.807) is 7.05 Å². The third-order valence-electron chi connectivity index (χ3n) is 7.07. The number of anilines is 1. The second kappa shape index (κ2) is 8.57. The summed E-state index contributed by atoms with van der Waals surface area (Å²) in [5, 5.41) is 16.4. The van der Waals surface area contributed by atoms with E-state index in [1.807, 2.05) is 36.4 Å². The normalized spacial score (nSPS) is 18.7. The molecular formula is C26H26N4O5. The Morgan fingerprint density at radius 2 is 1.74 bits per heavy atom. The van der Waals surface area contributed by atoms with Gasteiger partial charge in [-0.2, -0.15) is 5.10 Å². The summed E-state index contributed by atoms with van der Waals surface area (Å²) in [7, 11) is 1.57. The molecule has 0 radical (unpaired) electrons. The van der Waals surface area contributed by atoms with Crippen LogP contribution < -0.4 is 5.32 Å². The molecule has 0 spiro atoms. The van der Waals surface area contributed by atoms with Gasteiger partial charge in [-0.05, 0) is 42.0 Å². The van der Waals surface area contributed by atoms with Crippen LogP contribution in [-0.2, 0) is 16.6 Å². The molecule has 2 amide bonds. The molecule has 9 heteroatoms. The van der Waals surface area contributed by atoms with E-state index in [2.05, 4.69) is 22.5 Å². The number of nitrogens with zero attached hydrogens (tertiary/aromatic N) is 3. The molecule has 2 aromatic carbocycles. The van der Waals surface area contributed by atoms with Crippen LogP contribution in [0.5, 0.6) is 0 Å². The van der Waals surface area contributed by atoms with Crippen molar-refractivity contribution in [3.8, 4) is 11.1 Å². The number of aryl methyl sites for hydroxylation is 1. The first-order valence-corrected chi connectivity index (χ1v) is 11.5. The highest BCUT2D eigenvalue weighted by molar-refractivity contribution is 6.03. The van der Waals surface area contributed by atoms with Gasteiger partial charge in [0.1, 0.15) is 17.8 Å². The Balaban J connectivity index is 1.32. The lowest BCUT2D eigenvalue weighted by molar-refractivity contribution is -0.147. The molecule has 35 heavy (non-hydrogen) atoms. The Morgan fingerprint density at radius 1 is 1.11 bits per heavy atom. The largest absolute Gasteiger partial charge is 0.480 e. The van der Waals surface area contributed by atoms with Crippen molar-refractivity contribution in [3.63, 3.8) is 0 Å². The number of fused-ring (bicyclic) bond motifs is 3. The number of amides is 2. The lowest BCUT2D eigenvalue weighted by Crippen LogP contribution is -2.51. The van der Waals surface area contributed by atoms with Crippen molar-refractivity contribution in [1.82, 2.24) is 14.7 Å². The zero-order valence-corrected chi connectivity index (χ0v) is 19.5. The number of carbonyl (C=O) groups excluding carboxylic acids is 2. The van der Waals surface area contributed by atoms with Crippen molar-refractivity contribution in [3.05, 3.63) is 71.5 Å². The first-order valence-electron chi connectivity index (χ1n) is 11.5. The summed E-state index contributed by atoms with van der Waals surface area (Å²) in [6.07, 6.45) is 1.60. The molecule has 5 rings (SSSR count). The van der Waals surface area contributed by atoms with Crippen LogP contribution in [0, 0.1) is 0 Å². The molecule has 0 saturated carbocycles. The first kappa shape index (κ1) is 22.6. The fourth-order valence-electron chi connectivity index (χ4n) is 5.17. The lowest BCUT2D eigenvalue weighted by Gasteiger charge is -2.31. The summed E-state index contributed by atoms with van der Waals surface area (Å²) < 4.78 is 6.92. The van der Waals surface area contributed by atoms with Gasteiger partial charge < -0.3 is 14.7 Å². The van der Waals surface area contributed by atoms with Gasteiger partial charge in [-0.1, -0.05) is 48.5 Å². The average molecular weight is 475 g/mol. The molecule has 1 aliphatic carbocycles. The Morgan fingerprint density at radius 3 is 2.37 bits per heavy atom. The first-order chi connectivity index (χ1) is 16.8. The van der Waals surface area contributed by atoms with Crippen LogP contribution in [0.3, 0.4) is 0 Å². The zero-order chi connectivity index (χ0) is 24.7. The molecule has 0 bridgehead atoms. The summed E-state index contributed by atoms with van der Waals surface area (Å²) in [6.45, 7) is 1.99. The Bertz CT molecular complexity index is 1290. The summed E-state index contributed by atoms with van der Waals surface area (Å²) in [5.41, 5.74) is 3.43. The number of likely N-dealkylation sites (tertiary alicyclic amines) is 1. The lowest BCUT2D eigenvalue weighted by atomic mass is 9.98. The van der Waals surface area contributed by atoms with Crippen molar-refractivity contribution in [2.75, 3.05) is 18.5 Å². The van der Waals surface area contributed by atoms with Crippen LogP contribution in [0.1, 0.15) is 47.3 Å². The molecule has 2 aliphatic rings. The topological polar surface area (TPSA) is 114 Å². The van der Waals surface area contributed by atoms with Crippen LogP contribution in [0.4, 0.5) is 10.5 Å². The van der Waals surface area contributed by atoms with E-state index in [4.69, 9.17) is 4.74 Å². The predicted molar refractivity (Wildman–Crippen MR) is 128 cm³/mol. The number of hydrogen-bond acceptors (Lipinski definition) is 5. The number of rotatable bonds is 5. The number of benzene rings is 2. The number of nitrogens with one attached hydrogen (secondary N) is 1. The maximum Gasteiger partial charge on any atom is 0.411 e. The number of aliphatic carboxylic acids is 1. The molecule has 1 fully saturated rings. The quantitative estimate of drug-likeness (QED) is 0.581. The second-order valence-corrected chi connectivity index (χ2v) is 9.12. The highest BCUT2D eigenvalue weighted by atomic mass is 16.5. The number of carboxylic acid groups (broad SMARTS) is 1. The van der Waals surface area contributed by atoms with Gasteiger partial charge in [0.2, 0.25) is 0 Å². The number of ether oxygens (including phenoxy) is 1. The van der Waals surface area contributed by atoms with Gasteiger partial charge >= 0.3 is 12.1 Å². The molecule has 1 saturated heterocycles. The number of carboxylic acids is 1. The van der Waals surface area contributed by atoms with Crippen molar-refractivity contribution in [2.24, 2.45) is 7.05 Å². The Kier molecular flexibility index (Phi) is 5.55. The summed E-state index contributed by atoms with van der Waals surface area (Å²) in [5.74, 6) is -1.65. The molecule has 1 aliphatic heterocycles. The standard InChI is InChI=1S/C26H26N4O5/c1-26(24(32)33)12-7-13-30(26)23(31)22-21(14-27-29(22)2)28-25(34)35-15-20-18-10-5-3-8-16(18)17-9-4-6-11-19(17)20/h3-6,8-11,14,20H,7,12-13,15H2,1-2H3,(H,28,34)(H,32,33). The zero-order valence-electron chi connectivity index (χ0n) is 19.5. The summed E-state index contributed by atoms with van der Waals surface area (Å²) in [4.78, 5) is 39.2. The Labute approximate surface area is 202 Å². The minimum absolute atomic E-state index is 0.0935. The molecule has 9 nitrogen and oxygen atoms in total. The van der Waals surface area contributed by atoms with Gasteiger partial charge in [0, 0.05) is 19.5 Å². The van der Waals surface area contributed by atoms with Crippen LogP contribution in [0.25, 0.3) is 11.1 Å². The number of carbonyl (C=O) groups is 3. The Hall–Kier alpha value is -4.14. The molecule has 1 aromatic heterocycles. The second-order valence-electron chi connectivity index (χ2n) is 9.12. The van der Waals surface area contributed by atoms with Gasteiger partial charge in [0.05, 0.1) is 11.9 Å². The molecule has 1 atom stereocenters. The summed E-state index contributed by atoms with van der Waals surface area (Å²) >= 11 is 0. The van der Waals surface area contributed by atoms with Gasteiger partial charge in [-0.25, -0.2) is 9.59 Å². The van der Waals surface area contributed by atoms with Crippen molar-refractivity contribution < 1.29 is 24.2 Å². The van der Waals surface area contributed by atoms with E-state index in [-0.39, 0.29) is 23.9 Å². The molecule has 3 aromatic rings. The van der Waals surface area contributed by atoms with E-state index in [9.17, 15) is 19.5 Å². The van der Waals surface area contributed by atoms with Gasteiger partial charge in [0.25, 0.3) is 5.91 Å². The maximum absolute atomic E-state index is 13.3. The SMILES string of the molecule is Cn1ncc(NC(=O)OCC2c3ccccc3-c3ccccc32)c1C(=O)N1CCCC1(C)C(=O)O. The fourth-order valence-corrected chi connectivity index (χ4v) is 5.17. The monoisotopic (exact) mass is 474 g/mol. The average Bonchev–Trinajstić information content (AvgIpc) is 3.51. The molecule has 2 heterocycles. The highest BCUT2D eigenvalue weighted by Gasteiger charge is 2.47. The van der Waals surface area contributed by atoms with E-state index < -0.39 is 23.5 Å². The summed E-state index contributed by atoms with van der Waals surface area (Å²) in [6, 6.07) is 16.1. The minimum Gasteiger partial charge on any atom is -0.480 e. The third-order valence-corrected chi connectivity index (χ3v) is 7.07. The third kappa shape index (κ3) is 3.73. The minimum atomic E-state index is -1.30. The van der Waals surface area contributed by atoms with E-state index >= 15 is 0 Å². The molecule has 1 unspecified atom stereocenters. The highest BCUT2D eigenvalue weighted by Crippen LogP contribution is 2.44. The van der Waals surface area contributed by atoms with E-state index in [1.165, 1.54) is 22.7 Å². The van der Waals surface area contributed by atoms with Crippen LogP contribution in [0.15, 0.2) is 54.7 Å². The van der Waals surface area contributed by atoms with Gasteiger partial charge in [-0.15, -0.1) is 0 Å². The van der Waals surface area contributed by atoms with Crippen molar-refractivity contribution >= 4 is 23.7 Å². The van der Waals surface area contributed by atoms with E-state index in [0.717, 1.165) is 22.3 Å². The van der Waals surface area contributed by atoms with Crippen molar-refractivity contribution in [1.29, 1.82) is 0 Å². The van der Waals surface area contributed by atoms with Crippen LogP contribution in [0.2, 0.25) is 0 Å². The van der Waals surface area contributed by atoms with Crippen LogP contribution >= 0.6 is 0 Å². The van der Waals surface area contributed by atoms with Gasteiger partial charge in [0.15, 0.2) is 0 Å². The smallest absolute Gasteiger partial charge is 0.411 e. The maximum atomic E-state index is 13.3. The molecular weight excluding hydrogens is 448 g/mol. The van der Waals surface area contributed by atoms with Gasteiger partial charge in [-0.3, -0.25) is 14.8 Å². The predicted octanol–water partition coefficient (Wildman–Crippen LogP) is 3.86. The van der Waals surface area contributed by atoms with E-state index in [0.29, 0.717) is 19.4 Å². The fraction of sp³-hybridized carbons (Fsp3) is 0.308. The molecule has 180 valence electrons. The van der Waals surface area contributed by atoms with Crippen molar-refractivity contribution in [2.45, 2.75) is 31.2 Å². The number of hydrogen-bond donors (Lipinski definition) is 2.